The number of hydrogen-bond donors (Lipinski definition) is 2. The van der Waals surface area contributed by atoms with Gasteiger partial charge in [-0.2, -0.15) is 0 Å². The summed E-state index contributed by atoms with van der Waals surface area (Å²) >= 11 is 0. The van der Waals surface area contributed by atoms with Crippen LogP contribution >= 0.6 is 0 Å². The molecule has 3 aliphatic carbocycles. The standard InChI is InChI=1S/C15H28N2/c16-11-15(17-14-5-1-2-6-14)9-3-4-13(10-15)12-7-8-12/h12-14,17H,1-11,16H2. The molecule has 3 fully saturated rings. The van der Waals surface area contributed by atoms with Crippen molar-refractivity contribution in [2.45, 2.75) is 75.8 Å². The molecule has 2 unspecified atom stereocenters. The molecular weight excluding hydrogens is 208 g/mol. The summed E-state index contributed by atoms with van der Waals surface area (Å²) in [5.74, 6) is 2.05. The van der Waals surface area contributed by atoms with Gasteiger partial charge in [0.05, 0.1) is 0 Å². The van der Waals surface area contributed by atoms with Crippen LogP contribution in [0.3, 0.4) is 0 Å². The highest BCUT2D eigenvalue weighted by atomic mass is 15.0. The summed E-state index contributed by atoms with van der Waals surface area (Å²) in [7, 11) is 0. The van der Waals surface area contributed by atoms with Crippen molar-refractivity contribution in [2.24, 2.45) is 17.6 Å². The van der Waals surface area contributed by atoms with Crippen molar-refractivity contribution in [1.29, 1.82) is 0 Å². The van der Waals surface area contributed by atoms with Gasteiger partial charge in [-0.05, 0) is 50.4 Å². The van der Waals surface area contributed by atoms with E-state index in [1.807, 2.05) is 0 Å². The molecule has 0 heterocycles. The molecule has 0 amide bonds. The first-order valence-electron chi connectivity index (χ1n) is 7.79. The molecule has 0 aliphatic heterocycles. The monoisotopic (exact) mass is 236 g/mol. The van der Waals surface area contributed by atoms with E-state index in [1.165, 1.54) is 64.2 Å². The molecule has 0 aromatic rings. The minimum absolute atomic E-state index is 0.306. The Labute approximate surface area is 106 Å². The summed E-state index contributed by atoms with van der Waals surface area (Å²) in [6, 6.07) is 0.775. The third kappa shape index (κ3) is 2.68. The van der Waals surface area contributed by atoms with E-state index >= 15 is 0 Å². The minimum atomic E-state index is 0.306. The zero-order valence-electron chi connectivity index (χ0n) is 11.1. The Balaban J connectivity index is 1.62. The minimum Gasteiger partial charge on any atom is -0.329 e. The van der Waals surface area contributed by atoms with Gasteiger partial charge in [-0.1, -0.05) is 25.7 Å². The van der Waals surface area contributed by atoms with Crippen molar-refractivity contribution in [3.05, 3.63) is 0 Å². The first kappa shape index (κ1) is 12.0. The fourth-order valence-corrected chi connectivity index (χ4v) is 4.26. The molecule has 0 aromatic heterocycles. The van der Waals surface area contributed by atoms with Gasteiger partial charge >= 0.3 is 0 Å². The van der Waals surface area contributed by atoms with E-state index in [1.54, 1.807) is 0 Å². The molecule has 0 radical (unpaired) electrons. The topological polar surface area (TPSA) is 38.0 Å². The third-order valence-corrected chi connectivity index (χ3v) is 5.43. The zero-order chi connectivity index (χ0) is 11.7. The number of rotatable bonds is 4. The number of nitrogens with two attached hydrogens (primary N) is 1. The quantitative estimate of drug-likeness (QED) is 0.787. The van der Waals surface area contributed by atoms with Crippen molar-refractivity contribution in [2.75, 3.05) is 6.54 Å². The smallest absolute Gasteiger partial charge is 0.0309 e. The Morgan fingerprint density at radius 1 is 0.941 bits per heavy atom. The van der Waals surface area contributed by atoms with E-state index in [-0.39, 0.29) is 0 Å². The van der Waals surface area contributed by atoms with Crippen LogP contribution in [0.1, 0.15) is 64.2 Å². The van der Waals surface area contributed by atoms with Gasteiger partial charge in [0.15, 0.2) is 0 Å². The fourth-order valence-electron chi connectivity index (χ4n) is 4.26. The molecule has 0 aromatic carbocycles. The van der Waals surface area contributed by atoms with Crippen LogP contribution in [0.15, 0.2) is 0 Å². The first-order valence-corrected chi connectivity index (χ1v) is 7.79. The van der Waals surface area contributed by atoms with Gasteiger partial charge in [0.25, 0.3) is 0 Å². The Kier molecular flexibility index (Phi) is 3.45. The van der Waals surface area contributed by atoms with Gasteiger partial charge in [-0.25, -0.2) is 0 Å². The molecule has 3 saturated carbocycles. The second-order valence-corrected chi connectivity index (χ2v) is 6.80. The van der Waals surface area contributed by atoms with E-state index in [9.17, 15) is 0 Å². The number of hydrogen-bond acceptors (Lipinski definition) is 2. The highest BCUT2D eigenvalue weighted by Gasteiger charge is 2.42. The van der Waals surface area contributed by atoms with Crippen molar-refractivity contribution in [1.82, 2.24) is 5.32 Å². The lowest BCUT2D eigenvalue weighted by Crippen LogP contribution is -2.57. The van der Waals surface area contributed by atoms with Crippen LogP contribution in [-0.4, -0.2) is 18.1 Å². The molecule has 3 N–H and O–H groups in total. The molecule has 2 atom stereocenters. The van der Waals surface area contributed by atoms with Crippen LogP contribution in [0.2, 0.25) is 0 Å². The number of nitrogens with one attached hydrogen (secondary N) is 1. The fraction of sp³-hybridized carbons (Fsp3) is 1.00. The summed E-state index contributed by atoms with van der Waals surface area (Å²) in [5, 5.41) is 3.97. The van der Waals surface area contributed by atoms with Gasteiger partial charge < -0.3 is 11.1 Å². The normalized spacial score (nSPS) is 39.7. The van der Waals surface area contributed by atoms with E-state index in [4.69, 9.17) is 5.73 Å². The molecule has 98 valence electrons. The van der Waals surface area contributed by atoms with Crippen molar-refractivity contribution in [3.63, 3.8) is 0 Å². The maximum atomic E-state index is 6.14. The lowest BCUT2D eigenvalue weighted by molar-refractivity contribution is 0.155. The molecule has 3 aliphatic rings. The average molecular weight is 236 g/mol. The predicted octanol–water partition coefficient (Wildman–Crippen LogP) is 2.82. The molecule has 2 heteroatoms. The third-order valence-electron chi connectivity index (χ3n) is 5.43. The summed E-state index contributed by atoms with van der Waals surface area (Å²) in [6.07, 6.45) is 14.2. The lowest BCUT2D eigenvalue weighted by Gasteiger charge is -2.43. The van der Waals surface area contributed by atoms with Crippen LogP contribution in [0.5, 0.6) is 0 Å². The van der Waals surface area contributed by atoms with E-state index < -0.39 is 0 Å². The van der Waals surface area contributed by atoms with Gasteiger partial charge in [0.2, 0.25) is 0 Å². The lowest BCUT2D eigenvalue weighted by atomic mass is 9.73. The van der Waals surface area contributed by atoms with Crippen molar-refractivity contribution in [3.8, 4) is 0 Å². The molecule has 17 heavy (non-hydrogen) atoms. The second kappa shape index (κ2) is 4.89. The first-order chi connectivity index (χ1) is 8.31. The van der Waals surface area contributed by atoms with Crippen LogP contribution in [0.4, 0.5) is 0 Å². The Morgan fingerprint density at radius 3 is 2.35 bits per heavy atom. The largest absolute Gasteiger partial charge is 0.329 e. The van der Waals surface area contributed by atoms with Gasteiger partial charge in [-0.15, -0.1) is 0 Å². The summed E-state index contributed by atoms with van der Waals surface area (Å²) in [6.45, 7) is 0.854. The molecule has 0 bridgehead atoms. The van der Waals surface area contributed by atoms with Crippen LogP contribution < -0.4 is 11.1 Å². The molecule has 0 spiro atoms. The maximum absolute atomic E-state index is 6.14. The van der Waals surface area contributed by atoms with Crippen LogP contribution in [0.25, 0.3) is 0 Å². The SMILES string of the molecule is NCC1(NC2CCCC2)CCCC(C2CC2)C1. The van der Waals surface area contributed by atoms with E-state index in [2.05, 4.69) is 5.32 Å². The summed E-state index contributed by atoms with van der Waals surface area (Å²) in [4.78, 5) is 0. The summed E-state index contributed by atoms with van der Waals surface area (Å²) in [5.41, 5.74) is 6.44. The molecule has 3 rings (SSSR count). The average Bonchev–Trinajstić information content (AvgIpc) is 3.10. The highest BCUT2D eigenvalue weighted by molar-refractivity contribution is 5.00. The van der Waals surface area contributed by atoms with Crippen molar-refractivity contribution >= 4 is 0 Å². The Hall–Kier alpha value is -0.0800. The van der Waals surface area contributed by atoms with Gasteiger partial charge in [-0.3, -0.25) is 0 Å². The highest BCUT2D eigenvalue weighted by Crippen LogP contribution is 2.46. The summed E-state index contributed by atoms with van der Waals surface area (Å²) < 4.78 is 0. The molecule has 0 saturated heterocycles. The van der Waals surface area contributed by atoms with Gasteiger partial charge in [0, 0.05) is 18.1 Å². The predicted molar refractivity (Wildman–Crippen MR) is 71.9 cm³/mol. The van der Waals surface area contributed by atoms with Crippen molar-refractivity contribution < 1.29 is 0 Å². The van der Waals surface area contributed by atoms with Gasteiger partial charge in [0.1, 0.15) is 0 Å². The van der Waals surface area contributed by atoms with Crippen LogP contribution in [-0.2, 0) is 0 Å². The van der Waals surface area contributed by atoms with Crippen LogP contribution in [0, 0.1) is 11.8 Å². The zero-order valence-corrected chi connectivity index (χ0v) is 11.1. The van der Waals surface area contributed by atoms with E-state index in [0.717, 1.165) is 24.4 Å². The van der Waals surface area contributed by atoms with E-state index in [0.29, 0.717) is 5.54 Å². The molecule has 2 nitrogen and oxygen atoms in total. The Morgan fingerprint density at radius 2 is 1.71 bits per heavy atom. The Bertz CT molecular complexity index is 252. The maximum Gasteiger partial charge on any atom is 0.0309 e. The molecular formula is C15H28N2. The second-order valence-electron chi connectivity index (χ2n) is 6.80.